The zero-order chi connectivity index (χ0) is 28.0. The monoisotopic (exact) mass is 584 g/mol. The number of aromatic nitrogens is 2. The van der Waals surface area contributed by atoms with E-state index < -0.39 is 11.7 Å². The van der Waals surface area contributed by atoms with E-state index >= 15 is 0 Å². The fourth-order valence-electron chi connectivity index (χ4n) is 5.07. The Morgan fingerprint density at radius 1 is 1.12 bits per heavy atom. The van der Waals surface area contributed by atoms with Crippen molar-refractivity contribution in [1.29, 1.82) is 5.26 Å². The molecule has 0 atom stereocenters. The van der Waals surface area contributed by atoms with E-state index in [1.807, 2.05) is 6.07 Å². The van der Waals surface area contributed by atoms with Crippen LogP contribution in [0.2, 0.25) is 5.02 Å². The summed E-state index contributed by atoms with van der Waals surface area (Å²) < 4.78 is 42.2. The molecule has 6 rings (SSSR count). The number of aliphatic imine (C=N–C) groups is 1. The van der Waals surface area contributed by atoms with Gasteiger partial charge >= 0.3 is 6.18 Å². The Kier molecular flexibility index (Phi) is 7.10. The fraction of sp³-hybridized carbons (Fsp3) is 0.357. The molecule has 7 nitrogen and oxygen atoms in total. The van der Waals surface area contributed by atoms with Gasteiger partial charge in [0.15, 0.2) is 10.9 Å². The summed E-state index contributed by atoms with van der Waals surface area (Å²) >= 11 is 7.15. The lowest BCUT2D eigenvalue weighted by Crippen LogP contribution is -2.48. The number of fused-ring (bicyclic) bond motifs is 1. The van der Waals surface area contributed by atoms with Crippen LogP contribution in [0.15, 0.2) is 46.3 Å². The second-order valence-electron chi connectivity index (χ2n) is 10.2. The Bertz CT molecular complexity index is 1600. The predicted octanol–water partition coefficient (Wildman–Crippen LogP) is 5.63. The number of amidine groups is 1. The van der Waals surface area contributed by atoms with Gasteiger partial charge in [0, 0.05) is 43.1 Å². The number of rotatable bonds is 5. The van der Waals surface area contributed by atoms with Gasteiger partial charge in [0.25, 0.3) is 5.91 Å². The minimum Gasteiger partial charge on any atom is -0.348 e. The first-order valence-electron chi connectivity index (χ1n) is 12.9. The van der Waals surface area contributed by atoms with Gasteiger partial charge in [0.2, 0.25) is 0 Å². The van der Waals surface area contributed by atoms with Crippen molar-refractivity contribution < 1.29 is 18.0 Å². The van der Waals surface area contributed by atoms with Crippen molar-refractivity contribution in [1.82, 2.24) is 19.6 Å². The highest BCUT2D eigenvalue weighted by Crippen LogP contribution is 2.36. The molecule has 0 spiro atoms. The Labute approximate surface area is 237 Å². The largest absolute Gasteiger partial charge is 0.416 e. The highest BCUT2D eigenvalue weighted by atomic mass is 35.5. The summed E-state index contributed by atoms with van der Waals surface area (Å²) in [5, 5.41) is 15.1. The molecule has 2 fully saturated rings. The van der Waals surface area contributed by atoms with Gasteiger partial charge in [0.1, 0.15) is 6.07 Å². The Morgan fingerprint density at radius 2 is 1.90 bits per heavy atom. The SMILES string of the molecule is N#Cc1nn(Cc2ccc(Cl)cc2C(F)(F)F)c2ccc(/C=C3\SC(N4CCN(CC5CC5)CC4)=NC3=O)cc12. The van der Waals surface area contributed by atoms with Crippen LogP contribution in [0, 0.1) is 17.2 Å². The summed E-state index contributed by atoms with van der Waals surface area (Å²) in [4.78, 5) is 22.1. The highest BCUT2D eigenvalue weighted by Gasteiger charge is 2.34. The number of halogens is 4. The number of amides is 1. The Balaban J connectivity index is 1.21. The van der Waals surface area contributed by atoms with Crippen LogP contribution in [0.5, 0.6) is 0 Å². The number of nitrogens with zero attached hydrogens (tertiary/aromatic N) is 6. The first kappa shape index (κ1) is 26.9. The van der Waals surface area contributed by atoms with Crippen molar-refractivity contribution in [2.45, 2.75) is 25.6 Å². The van der Waals surface area contributed by atoms with E-state index in [4.69, 9.17) is 11.6 Å². The van der Waals surface area contributed by atoms with Gasteiger partial charge in [0.05, 0.1) is 22.5 Å². The number of alkyl halides is 3. The van der Waals surface area contributed by atoms with Crippen molar-refractivity contribution in [3.8, 4) is 6.07 Å². The molecule has 206 valence electrons. The first-order valence-corrected chi connectivity index (χ1v) is 14.1. The number of nitriles is 1. The van der Waals surface area contributed by atoms with Gasteiger partial charge in [-0.15, -0.1) is 0 Å². The van der Waals surface area contributed by atoms with Crippen molar-refractivity contribution in [2.24, 2.45) is 10.9 Å². The lowest BCUT2D eigenvalue weighted by Gasteiger charge is -2.35. The molecule has 2 aromatic carbocycles. The van der Waals surface area contributed by atoms with Crippen molar-refractivity contribution in [3.05, 3.63) is 68.7 Å². The molecular weight excluding hydrogens is 561 g/mol. The standard InChI is InChI=1S/C28H24ClF3N6OS/c29-20-5-4-19(22(13-20)28(30,31)32)16-38-24-6-3-18(11-21(24)23(14-33)35-38)12-25-26(39)34-27(40-25)37-9-7-36(8-10-37)15-17-1-2-17/h3-6,11-13,17H,1-2,7-10,15-16H2/b25-12-. The smallest absolute Gasteiger partial charge is 0.348 e. The molecule has 1 saturated heterocycles. The van der Waals surface area contributed by atoms with Gasteiger partial charge in [-0.05, 0) is 72.0 Å². The molecule has 12 heteroatoms. The Hall–Kier alpha value is -3.33. The molecule has 0 N–H and O–H groups in total. The third kappa shape index (κ3) is 5.61. The summed E-state index contributed by atoms with van der Waals surface area (Å²) in [7, 11) is 0. The number of thioether (sulfide) groups is 1. The van der Waals surface area contributed by atoms with E-state index in [1.165, 1.54) is 41.4 Å². The van der Waals surface area contributed by atoms with Gasteiger partial charge in [-0.2, -0.15) is 28.5 Å². The third-order valence-corrected chi connectivity index (χ3v) is 8.62. The molecule has 1 amide bonds. The molecule has 0 bridgehead atoms. The Morgan fingerprint density at radius 3 is 2.60 bits per heavy atom. The van der Waals surface area contributed by atoms with E-state index in [0.717, 1.165) is 44.7 Å². The number of benzene rings is 2. The number of hydrogen-bond acceptors (Lipinski definition) is 6. The van der Waals surface area contributed by atoms with Crippen molar-refractivity contribution in [2.75, 3.05) is 32.7 Å². The van der Waals surface area contributed by atoms with E-state index in [9.17, 15) is 23.2 Å². The number of carbonyl (C=O) groups excluding carboxylic acids is 1. The van der Waals surface area contributed by atoms with Crippen LogP contribution in [0.3, 0.4) is 0 Å². The van der Waals surface area contributed by atoms with Crippen LogP contribution >= 0.6 is 23.4 Å². The van der Waals surface area contributed by atoms with Gasteiger partial charge in [-0.25, -0.2) is 0 Å². The second-order valence-corrected chi connectivity index (χ2v) is 11.7. The maximum Gasteiger partial charge on any atom is 0.416 e. The van der Waals surface area contributed by atoms with Gasteiger partial charge in [-0.3, -0.25) is 14.4 Å². The van der Waals surface area contributed by atoms with Gasteiger partial charge < -0.3 is 4.90 Å². The molecule has 3 aromatic rings. The molecule has 3 aliphatic rings. The maximum absolute atomic E-state index is 13.6. The minimum absolute atomic E-state index is 0.0111. The van der Waals surface area contributed by atoms with E-state index in [1.54, 1.807) is 24.3 Å². The molecule has 1 aliphatic carbocycles. The summed E-state index contributed by atoms with van der Waals surface area (Å²) in [5.41, 5.74) is 0.411. The van der Waals surface area contributed by atoms with Crippen LogP contribution in [0.1, 0.15) is 35.2 Å². The van der Waals surface area contributed by atoms with Gasteiger partial charge in [-0.1, -0.05) is 23.7 Å². The zero-order valence-corrected chi connectivity index (χ0v) is 22.9. The van der Waals surface area contributed by atoms with E-state index in [0.29, 0.717) is 26.5 Å². The van der Waals surface area contributed by atoms with Crippen LogP contribution in [0.4, 0.5) is 13.2 Å². The molecule has 40 heavy (non-hydrogen) atoms. The second kappa shape index (κ2) is 10.6. The van der Waals surface area contributed by atoms with Crippen LogP contribution in [-0.2, 0) is 17.5 Å². The lowest BCUT2D eigenvalue weighted by molar-refractivity contribution is -0.138. The average Bonchev–Trinajstić information content (AvgIpc) is 3.57. The first-order chi connectivity index (χ1) is 19.2. The molecule has 0 unspecified atom stereocenters. The van der Waals surface area contributed by atoms with Crippen molar-refractivity contribution >= 4 is 51.4 Å². The fourth-order valence-corrected chi connectivity index (χ4v) is 6.21. The summed E-state index contributed by atoms with van der Waals surface area (Å²) in [6.07, 6.45) is -0.201. The van der Waals surface area contributed by atoms with Crippen LogP contribution in [-0.4, -0.2) is 63.4 Å². The number of hydrogen-bond donors (Lipinski definition) is 0. The third-order valence-electron chi connectivity index (χ3n) is 7.34. The summed E-state index contributed by atoms with van der Waals surface area (Å²) in [6.45, 7) is 4.55. The lowest BCUT2D eigenvalue weighted by atomic mass is 10.1. The number of carbonyl (C=O) groups is 1. The normalized spacial score (nSPS) is 19.5. The van der Waals surface area contributed by atoms with Crippen LogP contribution < -0.4 is 0 Å². The molecule has 0 radical (unpaired) electrons. The topological polar surface area (TPSA) is 77.5 Å². The predicted molar refractivity (Wildman–Crippen MR) is 149 cm³/mol. The number of piperazine rings is 1. The molecular formula is C28H24ClF3N6OS. The van der Waals surface area contributed by atoms with Crippen LogP contribution in [0.25, 0.3) is 17.0 Å². The highest BCUT2D eigenvalue weighted by molar-refractivity contribution is 8.18. The quantitative estimate of drug-likeness (QED) is 0.362. The summed E-state index contributed by atoms with van der Waals surface area (Å²) in [6, 6.07) is 10.8. The minimum atomic E-state index is -4.59. The van der Waals surface area contributed by atoms with E-state index in [2.05, 4.69) is 19.9 Å². The molecule has 2 aliphatic heterocycles. The zero-order valence-electron chi connectivity index (χ0n) is 21.3. The van der Waals surface area contributed by atoms with Crippen molar-refractivity contribution in [3.63, 3.8) is 0 Å². The summed E-state index contributed by atoms with van der Waals surface area (Å²) in [5.74, 6) is 0.542. The average molecular weight is 585 g/mol. The molecule has 3 heterocycles. The molecule has 1 aromatic heterocycles. The van der Waals surface area contributed by atoms with E-state index in [-0.39, 0.29) is 28.7 Å². The maximum atomic E-state index is 13.6. The molecule has 1 saturated carbocycles.